The van der Waals surface area contributed by atoms with Gasteiger partial charge in [-0.15, -0.1) is 0 Å². The van der Waals surface area contributed by atoms with E-state index in [-0.39, 0.29) is 28.4 Å². The molecule has 3 heterocycles. The average Bonchev–Trinajstić information content (AvgIpc) is 3.28. The molecular weight excluding hydrogens is 427 g/mol. The van der Waals surface area contributed by atoms with Crippen LogP contribution in [-0.2, 0) is 0 Å². The highest BCUT2D eigenvalue weighted by Crippen LogP contribution is 2.28. The zero-order valence-electron chi connectivity index (χ0n) is 16.3. The molecule has 1 unspecified atom stereocenters. The number of nitrogens with two attached hydrogens (primary N) is 1. The molecule has 0 spiro atoms. The second-order valence-electron chi connectivity index (χ2n) is 6.68. The molecule has 0 amide bonds. The number of aromatic amines is 1. The standard InChI is InChI=1S/C19H14F3N9O/c1-8(26-16-11(7-23)14(15(21)22)28-19(24)29-16)17-27-12-3-2-9(20)6-10(12)18(32)31(17)13-4-5-25-30-13/h2-6,8,15H,1H3,(H,25,30)(H3,24,26,28,29). The van der Waals surface area contributed by atoms with E-state index in [9.17, 15) is 23.2 Å². The lowest BCUT2D eigenvalue weighted by Gasteiger charge is -2.20. The van der Waals surface area contributed by atoms with Gasteiger partial charge in [-0.25, -0.2) is 27.7 Å². The third kappa shape index (κ3) is 3.58. The van der Waals surface area contributed by atoms with Gasteiger partial charge in [0.1, 0.15) is 34.8 Å². The molecule has 0 saturated carbocycles. The monoisotopic (exact) mass is 441 g/mol. The fraction of sp³-hybridized carbons (Fsp3) is 0.158. The Kier molecular flexibility index (Phi) is 5.19. The highest BCUT2D eigenvalue weighted by molar-refractivity contribution is 5.78. The second-order valence-corrected chi connectivity index (χ2v) is 6.68. The Labute approximate surface area is 177 Å². The van der Waals surface area contributed by atoms with Crippen LogP contribution in [0.15, 0.2) is 35.3 Å². The molecule has 0 bridgehead atoms. The van der Waals surface area contributed by atoms with Crippen LogP contribution in [0.25, 0.3) is 16.7 Å². The number of anilines is 2. The summed E-state index contributed by atoms with van der Waals surface area (Å²) in [5.74, 6) is -0.943. The second kappa shape index (κ2) is 7.99. The van der Waals surface area contributed by atoms with Crippen molar-refractivity contribution in [1.29, 1.82) is 5.26 Å². The average molecular weight is 441 g/mol. The summed E-state index contributed by atoms with van der Waals surface area (Å²) >= 11 is 0. The zero-order chi connectivity index (χ0) is 23.0. The molecule has 13 heteroatoms. The van der Waals surface area contributed by atoms with Crippen LogP contribution in [0.2, 0.25) is 0 Å². The quantitative estimate of drug-likeness (QED) is 0.427. The third-order valence-electron chi connectivity index (χ3n) is 4.60. The zero-order valence-corrected chi connectivity index (χ0v) is 16.3. The van der Waals surface area contributed by atoms with Gasteiger partial charge in [-0.1, -0.05) is 0 Å². The largest absolute Gasteiger partial charge is 0.368 e. The molecule has 4 rings (SSSR count). The number of halogens is 3. The number of nitriles is 1. The summed E-state index contributed by atoms with van der Waals surface area (Å²) in [5, 5.41) is 18.7. The molecule has 0 aliphatic carbocycles. The number of hydrogen-bond donors (Lipinski definition) is 3. The summed E-state index contributed by atoms with van der Waals surface area (Å²) in [6.07, 6.45) is -1.64. The summed E-state index contributed by atoms with van der Waals surface area (Å²) in [4.78, 5) is 24.9. The number of benzene rings is 1. The molecule has 4 N–H and O–H groups in total. The Balaban J connectivity index is 1.89. The Hall–Kier alpha value is -4.47. The fourth-order valence-corrected chi connectivity index (χ4v) is 3.21. The maximum absolute atomic E-state index is 13.7. The fourth-order valence-electron chi connectivity index (χ4n) is 3.21. The van der Waals surface area contributed by atoms with E-state index in [0.29, 0.717) is 0 Å². The summed E-state index contributed by atoms with van der Waals surface area (Å²) in [6.45, 7) is 1.57. The van der Waals surface area contributed by atoms with E-state index in [2.05, 4.69) is 30.5 Å². The minimum atomic E-state index is -3.05. The molecule has 0 aliphatic heterocycles. The third-order valence-corrected chi connectivity index (χ3v) is 4.60. The van der Waals surface area contributed by atoms with E-state index in [1.54, 1.807) is 13.0 Å². The first-order chi connectivity index (χ1) is 15.3. The van der Waals surface area contributed by atoms with Crippen molar-refractivity contribution >= 4 is 22.7 Å². The molecule has 1 atom stereocenters. The number of alkyl halides is 2. The summed E-state index contributed by atoms with van der Waals surface area (Å²) in [6, 6.07) is 5.88. The molecule has 1 aromatic carbocycles. The first-order valence-corrected chi connectivity index (χ1v) is 9.14. The predicted octanol–water partition coefficient (Wildman–Crippen LogP) is 2.60. The minimum Gasteiger partial charge on any atom is -0.368 e. The maximum atomic E-state index is 13.7. The van der Waals surface area contributed by atoms with Crippen LogP contribution in [0.4, 0.5) is 24.9 Å². The Morgan fingerprint density at radius 2 is 2.03 bits per heavy atom. The predicted molar refractivity (Wildman–Crippen MR) is 108 cm³/mol. The van der Waals surface area contributed by atoms with Crippen LogP contribution in [0, 0.1) is 17.1 Å². The van der Waals surface area contributed by atoms with E-state index in [1.165, 1.54) is 18.3 Å². The molecule has 0 aliphatic rings. The van der Waals surface area contributed by atoms with Crippen LogP contribution in [0.3, 0.4) is 0 Å². The first kappa shape index (κ1) is 20.8. The van der Waals surface area contributed by atoms with Crippen molar-refractivity contribution in [3.63, 3.8) is 0 Å². The molecule has 162 valence electrons. The number of nitrogen functional groups attached to an aromatic ring is 1. The smallest absolute Gasteiger partial charge is 0.281 e. The Morgan fingerprint density at radius 1 is 1.25 bits per heavy atom. The van der Waals surface area contributed by atoms with Crippen molar-refractivity contribution in [2.45, 2.75) is 19.4 Å². The van der Waals surface area contributed by atoms with E-state index >= 15 is 0 Å². The van der Waals surface area contributed by atoms with Crippen molar-refractivity contribution in [1.82, 2.24) is 29.7 Å². The van der Waals surface area contributed by atoms with E-state index in [0.717, 1.165) is 16.7 Å². The molecule has 0 fully saturated rings. The van der Waals surface area contributed by atoms with Crippen molar-refractivity contribution in [3.8, 4) is 11.9 Å². The minimum absolute atomic E-state index is 0.0273. The highest BCUT2D eigenvalue weighted by Gasteiger charge is 2.24. The van der Waals surface area contributed by atoms with Crippen LogP contribution in [0.5, 0.6) is 0 Å². The van der Waals surface area contributed by atoms with E-state index < -0.39 is 41.0 Å². The number of nitrogens with zero attached hydrogens (tertiary/aromatic N) is 6. The Morgan fingerprint density at radius 3 is 2.69 bits per heavy atom. The highest BCUT2D eigenvalue weighted by atomic mass is 19.3. The van der Waals surface area contributed by atoms with Crippen molar-refractivity contribution in [2.75, 3.05) is 11.1 Å². The van der Waals surface area contributed by atoms with Gasteiger partial charge in [0.25, 0.3) is 12.0 Å². The van der Waals surface area contributed by atoms with Gasteiger partial charge < -0.3 is 11.1 Å². The number of hydrogen-bond acceptors (Lipinski definition) is 8. The number of aromatic nitrogens is 6. The van der Waals surface area contributed by atoms with Gasteiger partial charge in [-0.2, -0.15) is 15.3 Å². The van der Waals surface area contributed by atoms with E-state index in [4.69, 9.17) is 5.73 Å². The maximum Gasteiger partial charge on any atom is 0.281 e. The topological polar surface area (TPSA) is 151 Å². The van der Waals surface area contributed by atoms with Gasteiger partial charge in [0, 0.05) is 6.07 Å². The van der Waals surface area contributed by atoms with E-state index in [1.807, 2.05) is 0 Å². The number of rotatable bonds is 5. The van der Waals surface area contributed by atoms with Crippen molar-refractivity contribution in [2.24, 2.45) is 0 Å². The summed E-state index contributed by atoms with van der Waals surface area (Å²) in [7, 11) is 0. The van der Waals surface area contributed by atoms with Gasteiger partial charge in [0.15, 0.2) is 5.82 Å². The molecule has 4 aromatic rings. The van der Waals surface area contributed by atoms with Gasteiger partial charge in [-0.05, 0) is 25.1 Å². The van der Waals surface area contributed by atoms with Gasteiger partial charge >= 0.3 is 0 Å². The summed E-state index contributed by atoms with van der Waals surface area (Å²) < 4.78 is 41.5. The molecule has 32 heavy (non-hydrogen) atoms. The SMILES string of the molecule is CC(Nc1nc(N)nc(C(F)F)c1C#N)c1nc2ccc(F)cc2c(=O)n1-c1ccn[nH]1. The Bertz CT molecular complexity index is 1410. The van der Waals surface area contributed by atoms with Crippen LogP contribution in [0.1, 0.15) is 36.5 Å². The van der Waals surface area contributed by atoms with Gasteiger partial charge in [-0.3, -0.25) is 9.89 Å². The lowest BCUT2D eigenvalue weighted by Crippen LogP contribution is -2.28. The number of nitrogens with one attached hydrogen (secondary N) is 2. The molecule has 3 aromatic heterocycles. The summed E-state index contributed by atoms with van der Waals surface area (Å²) in [5.41, 5.74) is 3.86. The lowest BCUT2D eigenvalue weighted by atomic mass is 10.2. The van der Waals surface area contributed by atoms with Crippen LogP contribution < -0.4 is 16.6 Å². The number of H-pyrrole nitrogens is 1. The lowest BCUT2D eigenvalue weighted by molar-refractivity contribution is 0.146. The normalized spacial score (nSPS) is 12.1. The number of fused-ring (bicyclic) bond motifs is 1. The first-order valence-electron chi connectivity index (χ1n) is 9.14. The van der Waals surface area contributed by atoms with Crippen LogP contribution >= 0.6 is 0 Å². The van der Waals surface area contributed by atoms with Gasteiger partial charge in [0.05, 0.1) is 23.1 Å². The van der Waals surface area contributed by atoms with Crippen molar-refractivity contribution in [3.05, 3.63) is 63.7 Å². The molecule has 0 radical (unpaired) electrons. The van der Waals surface area contributed by atoms with Crippen LogP contribution in [-0.4, -0.2) is 29.7 Å². The van der Waals surface area contributed by atoms with Crippen molar-refractivity contribution < 1.29 is 13.2 Å². The van der Waals surface area contributed by atoms with Gasteiger partial charge in [0.2, 0.25) is 5.95 Å². The molecule has 0 saturated heterocycles. The molecule has 10 nitrogen and oxygen atoms in total. The molecular formula is C19H14F3N9O.